The van der Waals surface area contributed by atoms with Gasteiger partial charge in [-0.05, 0) is 32.0 Å². The third-order valence-electron chi connectivity index (χ3n) is 2.50. The van der Waals surface area contributed by atoms with Crippen LogP contribution < -0.4 is 11.1 Å². The Balaban J connectivity index is 2.07. The van der Waals surface area contributed by atoms with E-state index in [1.165, 1.54) is 0 Å². The number of nitrogens with one attached hydrogen (secondary N) is 1. The second-order valence-corrected chi connectivity index (χ2v) is 4.25. The summed E-state index contributed by atoms with van der Waals surface area (Å²) in [6.07, 6.45) is 0. The molecule has 1 heterocycles. The van der Waals surface area contributed by atoms with Crippen LogP contribution in [0.1, 0.15) is 17.3 Å². The van der Waals surface area contributed by atoms with Gasteiger partial charge in [0, 0.05) is 5.69 Å². The molecule has 0 fully saturated rings. The molecule has 3 N–H and O–H groups in total. The minimum atomic E-state index is 0.498. The van der Waals surface area contributed by atoms with Crippen LogP contribution in [0.4, 0.5) is 11.4 Å². The first-order valence-corrected chi connectivity index (χ1v) is 5.66. The van der Waals surface area contributed by atoms with Crippen LogP contribution >= 0.6 is 11.6 Å². The monoisotopic (exact) mass is 251 g/mol. The quantitative estimate of drug-likeness (QED) is 0.823. The number of nitrogen functional groups attached to an aromatic ring is 1. The molecule has 1 aromatic heterocycles. The Morgan fingerprint density at radius 1 is 1.41 bits per heavy atom. The number of nitrogens with zero attached hydrogens (tertiary/aromatic N) is 1. The first kappa shape index (κ1) is 11.8. The molecule has 0 radical (unpaired) electrons. The topological polar surface area (TPSA) is 64.1 Å². The molecule has 0 unspecified atom stereocenters. The van der Waals surface area contributed by atoms with E-state index >= 15 is 0 Å². The summed E-state index contributed by atoms with van der Waals surface area (Å²) < 4.78 is 5.46. The number of hydrogen-bond donors (Lipinski definition) is 2. The van der Waals surface area contributed by atoms with Gasteiger partial charge in [-0.3, -0.25) is 0 Å². The molecule has 4 nitrogen and oxygen atoms in total. The lowest BCUT2D eigenvalue weighted by molar-refractivity contribution is 0.478. The van der Waals surface area contributed by atoms with Crippen molar-refractivity contribution < 1.29 is 4.42 Å². The number of oxazole rings is 1. The Morgan fingerprint density at radius 3 is 2.76 bits per heavy atom. The first-order chi connectivity index (χ1) is 8.06. The fourth-order valence-corrected chi connectivity index (χ4v) is 1.72. The van der Waals surface area contributed by atoms with E-state index in [1.807, 2.05) is 19.9 Å². The summed E-state index contributed by atoms with van der Waals surface area (Å²) >= 11 is 6.04. The number of aromatic nitrogens is 1. The SMILES string of the molecule is Cc1nc(CNc2ccc(N)cc2Cl)oc1C. The van der Waals surface area contributed by atoms with Crippen LogP contribution in [0.2, 0.25) is 5.02 Å². The second-order valence-electron chi connectivity index (χ2n) is 3.84. The van der Waals surface area contributed by atoms with Gasteiger partial charge in [0.25, 0.3) is 0 Å². The number of halogens is 1. The maximum Gasteiger partial charge on any atom is 0.213 e. The zero-order chi connectivity index (χ0) is 12.4. The van der Waals surface area contributed by atoms with Gasteiger partial charge in [-0.15, -0.1) is 0 Å². The summed E-state index contributed by atoms with van der Waals surface area (Å²) in [6.45, 7) is 4.30. The number of aryl methyl sites for hydroxylation is 2. The smallest absolute Gasteiger partial charge is 0.213 e. The summed E-state index contributed by atoms with van der Waals surface area (Å²) in [6, 6.07) is 5.33. The second kappa shape index (κ2) is 4.67. The average Bonchev–Trinajstić information content (AvgIpc) is 2.57. The van der Waals surface area contributed by atoms with E-state index in [2.05, 4.69) is 10.3 Å². The highest BCUT2D eigenvalue weighted by molar-refractivity contribution is 6.33. The highest BCUT2D eigenvalue weighted by Gasteiger charge is 2.06. The maximum atomic E-state index is 6.04. The van der Waals surface area contributed by atoms with Crippen molar-refractivity contribution in [3.8, 4) is 0 Å². The third-order valence-corrected chi connectivity index (χ3v) is 2.81. The molecule has 0 saturated carbocycles. The van der Waals surface area contributed by atoms with E-state index in [9.17, 15) is 0 Å². The maximum absolute atomic E-state index is 6.04. The number of rotatable bonds is 3. The molecule has 2 rings (SSSR count). The highest BCUT2D eigenvalue weighted by atomic mass is 35.5. The Bertz CT molecular complexity index is 517. The number of anilines is 2. The van der Waals surface area contributed by atoms with Crippen molar-refractivity contribution in [2.45, 2.75) is 20.4 Å². The minimum Gasteiger partial charge on any atom is -0.444 e. The van der Waals surface area contributed by atoms with Crippen molar-refractivity contribution in [3.63, 3.8) is 0 Å². The third kappa shape index (κ3) is 2.71. The molecule has 0 aliphatic carbocycles. The lowest BCUT2D eigenvalue weighted by atomic mass is 10.3. The average molecular weight is 252 g/mol. The molecule has 0 spiro atoms. The summed E-state index contributed by atoms with van der Waals surface area (Å²) in [7, 11) is 0. The van der Waals surface area contributed by atoms with Gasteiger partial charge in [-0.2, -0.15) is 0 Å². The van der Waals surface area contributed by atoms with E-state index < -0.39 is 0 Å². The molecule has 0 bridgehead atoms. The van der Waals surface area contributed by atoms with Crippen LogP contribution in [0.3, 0.4) is 0 Å². The van der Waals surface area contributed by atoms with Crippen molar-refractivity contribution in [3.05, 3.63) is 40.6 Å². The van der Waals surface area contributed by atoms with Gasteiger partial charge >= 0.3 is 0 Å². The molecule has 0 aliphatic heterocycles. The number of hydrogen-bond acceptors (Lipinski definition) is 4. The van der Waals surface area contributed by atoms with Crippen LogP contribution in [-0.2, 0) is 6.54 Å². The summed E-state index contributed by atoms with van der Waals surface area (Å²) in [5.41, 5.74) is 7.98. The largest absolute Gasteiger partial charge is 0.444 e. The van der Waals surface area contributed by atoms with Gasteiger partial charge in [0.1, 0.15) is 5.76 Å². The standard InChI is InChI=1S/C12H14ClN3O/c1-7-8(2)17-12(16-7)6-15-11-4-3-9(14)5-10(11)13/h3-5,15H,6,14H2,1-2H3. The lowest BCUT2D eigenvalue weighted by Gasteiger charge is -2.06. The minimum absolute atomic E-state index is 0.498. The highest BCUT2D eigenvalue weighted by Crippen LogP contribution is 2.24. The van der Waals surface area contributed by atoms with Crippen LogP contribution in [0.25, 0.3) is 0 Å². The Hall–Kier alpha value is -1.68. The van der Waals surface area contributed by atoms with Crippen molar-refractivity contribution >= 4 is 23.0 Å². The van der Waals surface area contributed by atoms with E-state index in [0.717, 1.165) is 17.1 Å². The van der Waals surface area contributed by atoms with E-state index in [0.29, 0.717) is 23.1 Å². The van der Waals surface area contributed by atoms with Crippen molar-refractivity contribution in [1.29, 1.82) is 0 Å². The van der Waals surface area contributed by atoms with Gasteiger partial charge in [0.05, 0.1) is 22.9 Å². The molecular formula is C12H14ClN3O. The molecular weight excluding hydrogens is 238 g/mol. The van der Waals surface area contributed by atoms with Crippen LogP contribution in [0.15, 0.2) is 22.6 Å². The molecule has 0 atom stereocenters. The Labute approximate surface area is 105 Å². The van der Waals surface area contributed by atoms with E-state index in [4.69, 9.17) is 21.8 Å². The van der Waals surface area contributed by atoms with Gasteiger partial charge in [-0.1, -0.05) is 11.6 Å². The molecule has 0 amide bonds. The normalized spacial score (nSPS) is 10.5. The van der Waals surface area contributed by atoms with E-state index in [1.54, 1.807) is 12.1 Å². The molecule has 2 aromatic rings. The van der Waals surface area contributed by atoms with Gasteiger partial charge in [-0.25, -0.2) is 4.98 Å². The zero-order valence-corrected chi connectivity index (χ0v) is 10.5. The molecule has 5 heteroatoms. The molecule has 1 aromatic carbocycles. The van der Waals surface area contributed by atoms with Gasteiger partial charge in [0.2, 0.25) is 5.89 Å². The Morgan fingerprint density at radius 2 is 2.18 bits per heavy atom. The summed E-state index contributed by atoms with van der Waals surface area (Å²) in [4.78, 5) is 4.28. The predicted molar refractivity (Wildman–Crippen MR) is 69.2 cm³/mol. The van der Waals surface area contributed by atoms with E-state index in [-0.39, 0.29) is 0 Å². The summed E-state index contributed by atoms with van der Waals surface area (Å²) in [5, 5.41) is 3.74. The number of benzene rings is 1. The summed E-state index contributed by atoms with van der Waals surface area (Å²) in [5.74, 6) is 1.48. The fourth-order valence-electron chi connectivity index (χ4n) is 1.46. The van der Waals surface area contributed by atoms with Crippen molar-refractivity contribution in [2.75, 3.05) is 11.1 Å². The van der Waals surface area contributed by atoms with Crippen LogP contribution in [0.5, 0.6) is 0 Å². The Kier molecular flexibility index (Phi) is 3.24. The van der Waals surface area contributed by atoms with Gasteiger partial charge < -0.3 is 15.5 Å². The molecule has 0 saturated heterocycles. The number of nitrogens with two attached hydrogens (primary N) is 1. The zero-order valence-electron chi connectivity index (χ0n) is 9.75. The predicted octanol–water partition coefficient (Wildman–Crippen LogP) is 3.14. The van der Waals surface area contributed by atoms with Gasteiger partial charge in [0.15, 0.2) is 0 Å². The first-order valence-electron chi connectivity index (χ1n) is 5.28. The molecule has 90 valence electrons. The molecule has 17 heavy (non-hydrogen) atoms. The van der Waals surface area contributed by atoms with Crippen LogP contribution in [0, 0.1) is 13.8 Å². The molecule has 0 aliphatic rings. The fraction of sp³-hybridized carbons (Fsp3) is 0.250. The van der Waals surface area contributed by atoms with Crippen molar-refractivity contribution in [2.24, 2.45) is 0 Å². The van der Waals surface area contributed by atoms with Crippen LogP contribution in [-0.4, -0.2) is 4.98 Å². The lowest BCUT2D eigenvalue weighted by Crippen LogP contribution is -2.00. The van der Waals surface area contributed by atoms with Crippen molar-refractivity contribution in [1.82, 2.24) is 4.98 Å².